The van der Waals surface area contributed by atoms with Crippen LogP contribution in [-0.4, -0.2) is 46.0 Å². The molecular weight excluding hydrogens is 378 g/mol. The van der Waals surface area contributed by atoms with E-state index in [4.69, 9.17) is 4.84 Å². The van der Waals surface area contributed by atoms with Crippen LogP contribution in [-0.2, 0) is 21.4 Å². The standard InChI is InChI=1S/C20H25N3O4S/c1-22(27-2)28(25,26)19-11-7-17(8-12-19)20(24)21-15-16-5-9-18(10-6-16)23-13-3-4-14-23/h5-12H,3-4,13-15H2,1-2H3,(H,21,24). The number of nitrogens with zero attached hydrogens (tertiary/aromatic N) is 2. The molecule has 1 saturated heterocycles. The Hall–Kier alpha value is -2.42. The second-order valence-corrected chi connectivity index (χ2v) is 8.60. The predicted molar refractivity (Wildman–Crippen MR) is 107 cm³/mol. The first-order valence-corrected chi connectivity index (χ1v) is 10.6. The largest absolute Gasteiger partial charge is 0.372 e. The molecule has 8 heteroatoms. The molecule has 1 heterocycles. The molecule has 0 atom stereocenters. The van der Waals surface area contributed by atoms with Crippen molar-refractivity contribution in [1.82, 2.24) is 9.79 Å². The lowest BCUT2D eigenvalue weighted by Gasteiger charge is -2.17. The van der Waals surface area contributed by atoms with Crippen LogP contribution < -0.4 is 10.2 Å². The van der Waals surface area contributed by atoms with Crippen molar-refractivity contribution in [2.75, 3.05) is 32.1 Å². The van der Waals surface area contributed by atoms with Crippen molar-refractivity contribution in [1.29, 1.82) is 0 Å². The van der Waals surface area contributed by atoms with E-state index in [0.717, 1.165) is 23.1 Å². The Balaban J connectivity index is 1.59. The first kappa shape index (κ1) is 20.3. The summed E-state index contributed by atoms with van der Waals surface area (Å²) < 4.78 is 25.1. The van der Waals surface area contributed by atoms with Gasteiger partial charge in [0.1, 0.15) is 0 Å². The highest BCUT2D eigenvalue weighted by molar-refractivity contribution is 7.89. The molecule has 7 nitrogen and oxygen atoms in total. The molecule has 0 saturated carbocycles. The van der Waals surface area contributed by atoms with Gasteiger partial charge in [0.2, 0.25) is 0 Å². The van der Waals surface area contributed by atoms with E-state index in [1.807, 2.05) is 12.1 Å². The van der Waals surface area contributed by atoms with Crippen LogP contribution >= 0.6 is 0 Å². The van der Waals surface area contributed by atoms with Gasteiger partial charge in [0.25, 0.3) is 15.9 Å². The minimum absolute atomic E-state index is 0.0610. The fourth-order valence-electron chi connectivity index (χ4n) is 3.11. The Bertz CT molecular complexity index is 905. The van der Waals surface area contributed by atoms with E-state index in [1.54, 1.807) is 0 Å². The van der Waals surface area contributed by atoms with Gasteiger partial charge in [-0.1, -0.05) is 16.6 Å². The van der Waals surface area contributed by atoms with Crippen LogP contribution in [0.25, 0.3) is 0 Å². The maximum absolute atomic E-state index is 12.3. The van der Waals surface area contributed by atoms with E-state index < -0.39 is 10.0 Å². The molecule has 1 aliphatic heterocycles. The molecule has 1 N–H and O–H groups in total. The van der Waals surface area contributed by atoms with Crippen molar-refractivity contribution in [2.24, 2.45) is 0 Å². The highest BCUT2D eigenvalue weighted by atomic mass is 32.2. The number of sulfonamides is 1. The van der Waals surface area contributed by atoms with Crippen molar-refractivity contribution < 1.29 is 18.0 Å². The van der Waals surface area contributed by atoms with Crippen LogP contribution in [0.4, 0.5) is 5.69 Å². The third-order valence-corrected chi connectivity index (χ3v) is 6.56. The van der Waals surface area contributed by atoms with Crippen LogP contribution in [0.1, 0.15) is 28.8 Å². The average Bonchev–Trinajstić information content (AvgIpc) is 3.26. The molecule has 0 bridgehead atoms. The van der Waals surface area contributed by atoms with E-state index in [-0.39, 0.29) is 10.8 Å². The quantitative estimate of drug-likeness (QED) is 0.718. The molecule has 1 aliphatic rings. The van der Waals surface area contributed by atoms with Gasteiger partial charge in [-0.2, -0.15) is 0 Å². The van der Waals surface area contributed by atoms with E-state index in [1.165, 1.54) is 57.0 Å². The number of carbonyl (C=O) groups is 1. The summed E-state index contributed by atoms with van der Waals surface area (Å²) in [5, 5.41) is 2.86. The number of hydroxylamine groups is 1. The first-order chi connectivity index (χ1) is 13.4. The lowest BCUT2D eigenvalue weighted by Crippen LogP contribution is -2.26. The smallest absolute Gasteiger partial charge is 0.264 e. The molecule has 2 aromatic carbocycles. The molecule has 0 aliphatic carbocycles. The molecular formula is C20H25N3O4S. The summed E-state index contributed by atoms with van der Waals surface area (Å²) in [6.45, 7) is 2.61. The molecule has 1 amide bonds. The summed E-state index contributed by atoms with van der Waals surface area (Å²) >= 11 is 0. The minimum Gasteiger partial charge on any atom is -0.372 e. The third kappa shape index (κ3) is 4.52. The number of anilines is 1. The van der Waals surface area contributed by atoms with Gasteiger partial charge in [-0.25, -0.2) is 8.42 Å². The SMILES string of the molecule is CON(C)S(=O)(=O)c1ccc(C(=O)NCc2ccc(N3CCCC3)cc2)cc1. The molecule has 0 aromatic heterocycles. The third-order valence-electron chi connectivity index (χ3n) is 4.87. The fourth-order valence-corrected chi connectivity index (χ4v) is 4.08. The molecule has 2 aromatic rings. The second kappa shape index (κ2) is 8.72. The van der Waals surface area contributed by atoms with Crippen molar-refractivity contribution in [3.8, 4) is 0 Å². The number of rotatable bonds is 7. The fraction of sp³-hybridized carbons (Fsp3) is 0.350. The number of nitrogens with one attached hydrogen (secondary N) is 1. The number of carbonyl (C=O) groups excluding carboxylic acids is 1. The normalized spacial score (nSPS) is 14.5. The van der Waals surface area contributed by atoms with E-state index in [2.05, 4.69) is 22.3 Å². The molecule has 3 rings (SSSR count). The van der Waals surface area contributed by atoms with Gasteiger partial charge in [-0.15, -0.1) is 0 Å². The van der Waals surface area contributed by atoms with Crippen molar-refractivity contribution in [2.45, 2.75) is 24.3 Å². The lowest BCUT2D eigenvalue weighted by molar-refractivity contribution is -0.0258. The van der Waals surface area contributed by atoms with Crippen LogP contribution in [0, 0.1) is 0 Å². The molecule has 28 heavy (non-hydrogen) atoms. The topological polar surface area (TPSA) is 78.9 Å². The van der Waals surface area contributed by atoms with Gasteiger partial charge in [-0.3, -0.25) is 9.63 Å². The van der Waals surface area contributed by atoms with E-state index in [0.29, 0.717) is 12.1 Å². The summed E-state index contributed by atoms with van der Waals surface area (Å²) in [6, 6.07) is 14.0. The molecule has 0 unspecified atom stereocenters. The van der Waals surface area contributed by atoms with Crippen LogP contribution in [0.5, 0.6) is 0 Å². The summed E-state index contributed by atoms with van der Waals surface area (Å²) in [5.74, 6) is -0.257. The monoisotopic (exact) mass is 403 g/mol. The zero-order chi connectivity index (χ0) is 20.1. The highest BCUT2D eigenvalue weighted by Gasteiger charge is 2.21. The molecule has 0 radical (unpaired) electrons. The summed E-state index contributed by atoms with van der Waals surface area (Å²) in [5.41, 5.74) is 2.62. The average molecular weight is 404 g/mol. The van der Waals surface area contributed by atoms with Gasteiger partial charge < -0.3 is 10.2 Å². The predicted octanol–water partition coefficient (Wildman–Crippen LogP) is 2.40. The Morgan fingerprint density at radius 1 is 1.07 bits per heavy atom. The van der Waals surface area contributed by atoms with Crippen LogP contribution in [0.3, 0.4) is 0 Å². The number of benzene rings is 2. The minimum atomic E-state index is -3.72. The zero-order valence-corrected chi connectivity index (χ0v) is 16.9. The van der Waals surface area contributed by atoms with Gasteiger partial charge in [0, 0.05) is 37.9 Å². The summed E-state index contributed by atoms with van der Waals surface area (Å²) in [7, 11) is -1.14. The van der Waals surface area contributed by atoms with Crippen LogP contribution in [0.15, 0.2) is 53.4 Å². The Labute approximate surface area is 165 Å². The van der Waals surface area contributed by atoms with E-state index in [9.17, 15) is 13.2 Å². The maximum atomic E-state index is 12.3. The highest BCUT2D eigenvalue weighted by Crippen LogP contribution is 2.20. The molecule has 1 fully saturated rings. The van der Waals surface area contributed by atoms with Gasteiger partial charge in [0.05, 0.1) is 12.0 Å². The van der Waals surface area contributed by atoms with Crippen molar-refractivity contribution >= 4 is 21.6 Å². The maximum Gasteiger partial charge on any atom is 0.264 e. The zero-order valence-electron chi connectivity index (χ0n) is 16.1. The van der Waals surface area contributed by atoms with Crippen molar-refractivity contribution in [3.05, 3.63) is 59.7 Å². The number of hydrogen-bond acceptors (Lipinski definition) is 5. The second-order valence-electron chi connectivity index (χ2n) is 6.66. The summed E-state index contributed by atoms with van der Waals surface area (Å²) in [6.07, 6.45) is 2.47. The van der Waals surface area contributed by atoms with Crippen LogP contribution in [0.2, 0.25) is 0 Å². The molecule has 0 spiro atoms. The number of amides is 1. The lowest BCUT2D eigenvalue weighted by atomic mass is 10.1. The molecule has 150 valence electrons. The Morgan fingerprint density at radius 3 is 2.25 bits per heavy atom. The van der Waals surface area contributed by atoms with Crippen molar-refractivity contribution in [3.63, 3.8) is 0 Å². The van der Waals surface area contributed by atoms with Gasteiger partial charge >= 0.3 is 0 Å². The summed E-state index contributed by atoms with van der Waals surface area (Å²) in [4.78, 5) is 19.5. The van der Waals surface area contributed by atoms with Gasteiger partial charge in [0.15, 0.2) is 0 Å². The van der Waals surface area contributed by atoms with E-state index >= 15 is 0 Å². The van der Waals surface area contributed by atoms with Gasteiger partial charge in [-0.05, 0) is 54.8 Å². The first-order valence-electron chi connectivity index (χ1n) is 9.17. The Kier molecular flexibility index (Phi) is 6.33. The Morgan fingerprint density at radius 2 is 1.68 bits per heavy atom. The number of hydrogen-bond donors (Lipinski definition) is 1.